The third kappa shape index (κ3) is 5.16. The standard InChI is InChI=1S/C21H15F6N3O2/c1-12(19(32)28-16-8-6-15(7-9-16)21(25,26)27)30-18(31)11-10-17(29-30)13-2-4-14(5-3-13)20(22,23)24/h2-12H,1H3,(H,28,32). The first kappa shape index (κ1) is 23.0. The molecule has 1 atom stereocenters. The minimum atomic E-state index is -4.52. The largest absolute Gasteiger partial charge is 0.416 e. The van der Waals surface area contributed by atoms with E-state index in [1.165, 1.54) is 25.1 Å². The zero-order valence-corrected chi connectivity index (χ0v) is 16.3. The minimum absolute atomic E-state index is 0.0850. The summed E-state index contributed by atoms with van der Waals surface area (Å²) in [4.78, 5) is 24.7. The number of aromatic nitrogens is 2. The van der Waals surface area contributed by atoms with Crippen molar-refractivity contribution in [1.82, 2.24) is 9.78 Å². The van der Waals surface area contributed by atoms with Crippen LogP contribution in [0.15, 0.2) is 65.5 Å². The van der Waals surface area contributed by atoms with Gasteiger partial charge in [-0.05, 0) is 49.4 Å². The molecule has 0 aliphatic heterocycles. The first-order chi connectivity index (χ1) is 14.9. The number of alkyl halides is 6. The van der Waals surface area contributed by atoms with Crippen LogP contribution in [0.2, 0.25) is 0 Å². The molecule has 168 valence electrons. The van der Waals surface area contributed by atoms with Crippen LogP contribution in [0.1, 0.15) is 24.1 Å². The van der Waals surface area contributed by atoms with Crippen molar-refractivity contribution in [3.63, 3.8) is 0 Å². The van der Waals surface area contributed by atoms with Crippen molar-refractivity contribution in [2.24, 2.45) is 0 Å². The zero-order valence-electron chi connectivity index (χ0n) is 16.3. The maximum atomic E-state index is 12.7. The smallest absolute Gasteiger partial charge is 0.324 e. The van der Waals surface area contributed by atoms with Crippen molar-refractivity contribution >= 4 is 11.6 Å². The van der Waals surface area contributed by atoms with E-state index in [0.717, 1.165) is 47.1 Å². The predicted octanol–water partition coefficient (Wildman–Crippen LogP) is 5.15. The Bertz CT molecular complexity index is 1170. The summed E-state index contributed by atoms with van der Waals surface area (Å²) >= 11 is 0. The molecular formula is C21H15F6N3O2. The first-order valence-electron chi connectivity index (χ1n) is 9.12. The van der Waals surface area contributed by atoms with E-state index in [0.29, 0.717) is 5.56 Å². The highest BCUT2D eigenvalue weighted by Gasteiger charge is 2.31. The fourth-order valence-electron chi connectivity index (χ4n) is 2.79. The Kier molecular flexibility index (Phi) is 6.11. The van der Waals surface area contributed by atoms with Crippen LogP contribution in [0.4, 0.5) is 32.0 Å². The van der Waals surface area contributed by atoms with Gasteiger partial charge in [0.25, 0.3) is 5.56 Å². The van der Waals surface area contributed by atoms with Gasteiger partial charge in [-0.3, -0.25) is 9.59 Å². The molecular weight excluding hydrogens is 440 g/mol. The quantitative estimate of drug-likeness (QED) is 0.554. The topological polar surface area (TPSA) is 64.0 Å². The van der Waals surface area contributed by atoms with E-state index in [9.17, 15) is 35.9 Å². The number of benzene rings is 2. The lowest BCUT2D eigenvalue weighted by atomic mass is 10.1. The van der Waals surface area contributed by atoms with Crippen LogP contribution in [0, 0.1) is 0 Å². The highest BCUT2D eigenvalue weighted by atomic mass is 19.4. The molecule has 2 aromatic carbocycles. The molecule has 0 saturated heterocycles. The molecule has 0 aliphatic rings. The third-order valence-electron chi connectivity index (χ3n) is 4.56. The predicted molar refractivity (Wildman–Crippen MR) is 104 cm³/mol. The van der Waals surface area contributed by atoms with E-state index in [2.05, 4.69) is 10.4 Å². The minimum Gasteiger partial charge on any atom is -0.324 e. The lowest BCUT2D eigenvalue weighted by molar-refractivity contribution is -0.138. The molecule has 1 unspecified atom stereocenters. The molecule has 0 bridgehead atoms. The maximum absolute atomic E-state index is 12.7. The van der Waals surface area contributed by atoms with Gasteiger partial charge >= 0.3 is 12.4 Å². The first-order valence-corrected chi connectivity index (χ1v) is 9.12. The molecule has 1 amide bonds. The van der Waals surface area contributed by atoms with Crippen molar-refractivity contribution in [3.05, 3.63) is 82.1 Å². The summed E-state index contributed by atoms with van der Waals surface area (Å²) in [5.41, 5.74) is -1.84. The summed E-state index contributed by atoms with van der Waals surface area (Å²) in [5, 5.41) is 6.46. The van der Waals surface area contributed by atoms with Crippen molar-refractivity contribution in [3.8, 4) is 11.3 Å². The number of amides is 1. The summed E-state index contributed by atoms with van der Waals surface area (Å²) in [6.07, 6.45) is -9.03. The van der Waals surface area contributed by atoms with Crippen LogP contribution in [0.5, 0.6) is 0 Å². The molecule has 0 saturated carbocycles. The van der Waals surface area contributed by atoms with E-state index in [-0.39, 0.29) is 11.4 Å². The number of rotatable bonds is 4. The van der Waals surface area contributed by atoms with E-state index in [4.69, 9.17) is 0 Å². The van der Waals surface area contributed by atoms with Gasteiger partial charge in [0.15, 0.2) is 0 Å². The number of carbonyl (C=O) groups is 1. The van der Waals surface area contributed by atoms with Crippen LogP contribution in [0.25, 0.3) is 11.3 Å². The molecule has 0 spiro atoms. The molecule has 0 aliphatic carbocycles. The summed E-state index contributed by atoms with van der Waals surface area (Å²) in [7, 11) is 0. The molecule has 11 heteroatoms. The molecule has 1 aromatic heterocycles. The van der Waals surface area contributed by atoms with E-state index in [1.54, 1.807) is 0 Å². The fourth-order valence-corrected chi connectivity index (χ4v) is 2.79. The third-order valence-corrected chi connectivity index (χ3v) is 4.56. The van der Waals surface area contributed by atoms with Crippen LogP contribution < -0.4 is 10.9 Å². The number of hydrogen-bond donors (Lipinski definition) is 1. The number of nitrogens with one attached hydrogen (secondary N) is 1. The Morgan fingerprint density at radius 1 is 0.844 bits per heavy atom. The van der Waals surface area contributed by atoms with Crippen LogP contribution in [0.3, 0.4) is 0 Å². The lowest BCUT2D eigenvalue weighted by Gasteiger charge is -2.15. The highest BCUT2D eigenvalue weighted by molar-refractivity contribution is 5.93. The Hall–Kier alpha value is -3.63. The molecule has 5 nitrogen and oxygen atoms in total. The number of nitrogens with zero attached hydrogens (tertiary/aromatic N) is 2. The van der Waals surface area contributed by atoms with Crippen molar-refractivity contribution < 1.29 is 31.1 Å². The molecule has 1 heterocycles. The second-order valence-electron chi connectivity index (χ2n) is 6.82. The molecule has 1 N–H and O–H groups in total. The highest BCUT2D eigenvalue weighted by Crippen LogP contribution is 2.31. The SMILES string of the molecule is CC(C(=O)Nc1ccc(C(F)(F)F)cc1)n1nc(-c2ccc(C(F)(F)F)cc2)ccc1=O. The fraction of sp³-hybridized carbons (Fsp3) is 0.190. The van der Waals surface area contributed by atoms with Gasteiger partial charge in [-0.2, -0.15) is 31.4 Å². The summed E-state index contributed by atoms with van der Waals surface area (Å²) in [5.74, 6) is -0.719. The normalized spacial score (nSPS) is 13.0. The monoisotopic (exact) mass is 455 g/mol. The molecule has 3 rings (SSSR count). The van der Waals surface area contributed by atoms with E-state index in [1.807, 2.05) is 0 Å². The van der Waals surface area contributed by atoms with Gasteiger partial charge in [0.2, 0.25) is 5.91 Å². The number of carbonyl (C=O) groups excluding carboxylic acids is 1. The maximum Gasteiger partial charge on any atom is 0.416 e. The second kappa shape index (κ2) is 8.48. The second-order valence-corrected chi connectivity index (χ2v) is 6.82. The van der Waals surface area contributed by atoms with Crippen molar-refractivity contribution in [2.45, 2.75) is 25.3 Å². The average Bonchev–Trinajstić information content (AvgIpc) is 2.73. The number of hydrogen-bond acceptors (Lipinski definition) is 3. The van der Waals surface area contributed by atoms with Gasteiger partial charge < -0.3 is 5.32 Å². The number of anilines is 1. The Morgan fingerprint density at radius 2 is 1.34 bits per heavy atom. The Labute approximate surface area is 177 Å². The van der Waals surface area contributed by atoms with E-state index >= 15 is 0 Å². The van der Waals surface area contributed by atoms with Gasteiger partial charge in [0.1, 0.15) is 6.04 Å². The molecule has 0 fully saturated rings. The van der Waals surface area contributed by atoms with Crippen LogP contribution in [-0.2, 0) is 17.1 Å². The molecule has 0 radical (unpaired) electrons. The van der Waals surface area contributed by atoms with Crippen molar-refractivity contribution in [1.29, 1.82) is 0 Å². The summed E-state index contributed by atoms with van der Waals surface area (Å²) in [6.45, 7) is 1.35. The van der Waals surface area contributed by atoms with Gasteiger partial charge in [-0.25, -0.2) is 4.68 Å². The molecule has 3 aromatic rings. The molecule has 32 heavy (non-hydrogen) atoms. The van der Waals surface area contributed by atoms with Gasteiger partial charge in [0, 0.05) is 17.3 Å². The lowest BCUT2D eigenvalue weighted by Crippen LogP contribution is -2.33. The summed E-state index contributed by atoms with van der Waals surface area (Å²) < 4.78 is 77.0. The average molecular weight is 455 g/mol. The van der Waals surface area contributed by atoms with Crippen LogP contribution >= 0.6 is 0 Å². The number of halogens is 6. The zero-order chi connectivity index (χ0) is 23.7. The van der Waals surface area contributed by atoms with Gasteiger partial charge in [-0.15, -0.1) is 0 Å². The summed E-state index contributed by atoms with van der Waals surface area (Å²) in [6, 6.07) is 9.12. The van der Waals surface area contributed by atoms with Gasteiger partial charge in [-0.1, -0.05) is 12.1 Å². The van der Waals surface area contributed by atoms with Crippen LogP contribution in [-0.4, -0.2) is 15.7 Å². The van der Waals surface area contributed by atoms with E-state index < -0.39 is 41.0 Å². The van der Waals surface area contributed by atoms with Crippen molar-refractivity contribution in [2.75, 3.05) is 5.32 Å². The Balaban J connectivity index is 1.81. The van der Waals surface area contributed by atoms with Gasteiger partial charge in [0.05, 0.1) is 16.8 Å². The Morgan fingerprint density at radius 3 is 1.84 bits per heavy atom.